The number of ether oxygens (including phenoxy) is 1. The molecule has 2 heterocycles. The first kappa shape index (κ1) is 11.9. The van der Waals surface area contributed by atoms with Crippen molar-refractivity contribution >= 4 is 23.7 Å². The fourth-order valence-electron chi connectivity index (χ4n) is 1.46. The van der Waals surface area contributed by atoms with E-state index in [2.05, 4.69) is 31.9 Å². The number of methoxy groups -OCH3 is 1. The number of nitrogens with zero attached hydrogens (tertiary/aromatic N) is 3. The van der Waals surface area contributed by atoms with Gasteiger partial charge in [0, 0.05) is 19.2 Å². The van der Waals surface area contributed by atoms with Gasteiger partial charge in [-0.25, -0.2) is 4.79 Å². The number of aryl methyl sites for hydroxylation is 1. The molecule has 2 rings (SSSR count). The topological polar surface area (TPSA) is 84.8 Å². The molecule has 2 aromatic heterocycles. The minimum atomic E-state index is -0.438. The van der Waals surface area contributed by atoms with Crippen molar-refractivity contribution in [3.8, 4) is 0 Å². The molecule has 0 saturated heterocycles. The van der Waals surface area contributed by atoms with Crippen LogP contribution in [0.3, 0.4) is 0 Å². The number of aromatic amines is 1. The van der Waals surface area contributed by atoms with E-state index in [0.29, 0.717) is 17.3 Å². The Balaban J connectivity index is 2.19. The van der Waals surface area contributed by atoms with Crippen LogP contribution in [0.2, 0.25) is 0 Å². The molecule has 7 nitrogen and oxygen atoms in total. The number of esters is 1. The zero-order valence-electron chi connectivity index (χ0n) is 10.1. The molecule has 2 N–H and O–H groups in total. The Morgan fingerprint density at radius 2 is 2.33 bits per heavy atom. The van der Waals surface area contributed by atoms with Crippen LogP contribution in [-0.2, 0) is 11.8 Å². The number of aromatic nitrogens is 4. The van der Waals surface area contributed by atoms with Crippen molar-refractivity contribution in [1.29, 1.82) is 0 Å². The highest BCUT2D eigenvalue weighted by Crippen LogP contribution is 2.15. The third-order valence-electron chi connectivity index (χ3n) is 2.35. The van der Waals surface area contributed by atoms with Crippen LogP contribution in [0, 0.1) is 0 Å². The van der Waals surface area contributed by atoms with Gasteiger partial charge >= 0.3 is 5.97 Å². The first-order chi connectivity index (χ1) is 8.63. The van der Waals surface area contributed by atoms with Crippen LogP contribution < -0.4 is 5.32 Å². The average molecular weight is 247 g/mol. The summed E-state index contributed by atoms with van der Waals surface area (Å²) in [6, 6.07) is 3.37. The highest BCUT2D eigenvalue weighted by molar-refractivity contribution is 5.88. The van der Waals surface area contributed by atoms with E-state index in [0.717, 1.165) is 5.69 Å². The van der Waals surface area contributed by atoms with Crippen molar-refractivity contribution in [2.75, 3.05) is 12.4 Å². The predicted molar refractivity (Wildman–Crippen MR) is 66.5 cm³/mol. The smallest absolute Gasteiger partial charge is 0.356 e. The van der Waals surface area contributed by atoms with Crippen LogP contribution in [0.4, 0.5) is 11.6 Å². The van der Waals surface area contributed by atoms with E-state index in [9.17, 15) is 4.79 Å². The molecule has 0 radical (unpaired) electrons. The lowest BCUT2D eigenvalue weighted by Gasteiger charge is -1.96. The van der Waals surface area contributed by atoms with Gasteiger partial charge in [-0.15, -0.1) is 0 Å². The molecule has 0 aliphatic carbocycles. The number of carbonyl (C=O) groups is 1. The van der Waals surface area contributed by atoms with Crippen LogP contribution in [0.25, 0.3) is 6.08 Å². The maximum Gasteiger partial charge on any atom is 0.356 e. The third kappa shape index (κ3) is 2.24. The molecular formula is C11H13N5O2. The molecule has 0 saturated carbocycles. The van der Waals surface area contributed by atoms with Gasteiger partial charge in [0.15, 0.2) is 11.6 Å². The lowest BCUT2D eigenvalue weighted by atomic mass is 10.4. The Hall–Kier alpha value is -2.57. The maximum absolute atomic E-state index is 11.4. The molecule has 0 bridgehead atoms. The second kappa shape index (κ2) is 4.74. The van der Waals surface area contributed by atoms with Crippen molar-refractivity contribution in [3.63, 3.8) is 0 Å². The predicted octanol–water partition coefficient (Wildman–Crippen LogP) is 1.32. The van der Waals surface area contributed by atoms with E-state index in [1.807, 2.05) is 0 Å². The van der Waals surface area contributed by atoms with Gasteiger partial charge in [-0.2, -0.15) is 10.2 Å². The Labute approximate surface area is 103 Å². The standard InChI is InChI=1S/C11H13N5O2/c1-4-7-5-9(14-13-7)12-10-6-8(11(17)18-3)16(2)15-10/h4-6H,1H2,2-3H3,(H2,12,13,14,15). The van der Waals surface area contributed by atoms with E-state index < -0.39 is 5.97 Å². The highest BCUT2D eigenvalue weighted by atomic mass is 16.5. The van der Waals surface area contributed by atoms with Crippen molar-refractivity contribution in [2.45, 2.75) is 0 Å². The number of carbonyl (C=O) groups excluding carboxylic acids is 1. The van der Waals surface area contributed by atoms with Gasteiger partial charge in [-0.3, -0.25) is 9.78 Å². The van der Waals surface area contributed by atoms with Crippen molar-refractivity contribution in [2.24, 2.45) is 7.05 Å². The maximum atomic E-state index is 11.4. The first-order valence-electron chi connectivity index (χ1n) is 5.21. The molecule has 7 heteroatoms. The summed E-state index contributed by atoms with van der Waals surface area (Å²) in [5.74, 6) is 0.672. The molecule has 0 aliphatic rings. The van der Waals surface area contributed by atoms with Crippen molar-refractivity contribution in [1.82, 2.24) is 20.0 Å². The highest BCUT2D eigenvalue weighted by Gasteiger charge is 2.13. The average Bonchev–Trinajstić information content (AvgIpc) is 2.95. The summed E-state index contributed by atoms with van der Waals surface area (Å²) in [6.07, 6.45) is 1.65. The molecule has 94 valence electrons. The summed E-state index contributed by atoms with van der Waals surface area (Å²) in [7, 11) is 2.99. The summed E-state index contributed by atoms with van der Waals surface area (Å²) in [4.78, 5) is 11.4. The minimum Gasteiger partial charge on any atom is -0.464 e. The van der Waals surface area contributed by atoms with Gasteiger partial charge < -0.3 is 10.1 Å². The molecule has 0 fully saturated rings. The summed E-state index contributed by atoms with van der Waals surface area (Å²) in [6.45, 7) is 3.62. The van der Waals surface area contributed by atoms with E-state index >= 15 is 0 Å². The van der Waals surface area contributed by atoms with Crippen LogP contribution in [-0.4, -0.2) is 33.1 Å². The normalized spacial score (nSPS) is 10.1. The number of H-pyrrole nitrogens is 1. The second-order valence-corrected chi connectivity index (χ2v) is 3.57. The zero-order valence-corrected chi connectivity index (χ0v) is 10.1. The number of hydrogen-bond acceptors (Lipinski definition) is 5. The van der Waals surface area contributed by atoms with Crippen LogP contribution in [0.15, 0.2) is 18.7 Å². The van der Waals surface area contributed by atoms with Crippen molar-refractivity contribution < 1.29 is 9.53 Å². The molecular weight excluding hydrogens is 234 g/mol. The van der Waals surface area contributed by atoms with E-state index in [1.54, 1.807) is 25.3 Å². The van der Waals surface area contributed by atoms with Gasteiger partial charge in [0.2, 0.25) is 0 Å². The van der Waals surface area contributed by atoms with Gasteiger partial charge in [0.25, 0.3) is 0 Å². The summed E-state index contributed by atoms with van der Waals surface area (Å²) in [5, 5.41) is 13.9. The Kier molecular flexibility index (Phi) is 3.13. The fraction of sp³-hybridized carbons (Fsp3) is 0.182. The minimum absolute atomic E-state index is 0.361. The molecule has 0 aromatic carbocycles. The monoisotopic (exact) mass is 247 g/mol. The fourth-order valence-corrected chi connectivity index (χ4v) is 1.46. The number of anilines is 2. The zero-order chi connectivity index (χ0) is 13.1. The second-order valence-electron chi connectivity index (χ2n) is 3.57. The van der Waals surface area contributed by atoms with Crippen LogP contribution >= 0.6 is 0 Å². The lowest BCUT2D eigenvalue weighted by Crippen LogP contribution is -2.07. The van der Waals surface area contributed by atoms with E-state index in [1.165, 1.54) is 11.8 Å². The Bertz CT molecular complexity index is 584. The lowest BCUT2D eigenvalue weighted by molar-refractivity contribution is 0.0588. The first-order valence-corrected chi connectivity index (χ1v) is 5.21. The number of hydrogen-bond donors (Lipinski definition) is 2. The van der Waals surface area contributed by atoms with Gasteiger partial charge in [-0.05, 0) is 6.08 Å². The molecule has 0 atom stereocenters. The summed E-state index contributed by atoms with van der Waals surface area (Å²) < 4.78 is 6.08. The van der Waals surface area contributed by atoms with Crippen molar-refractivity contribution in [3.05, 3.63) is 30.1 Å². The largest absolute Gasteiger partial charge is 0.464 e. The van der Waals surface area contributed by atoms with E-state index in [-0.39, 0.29) is 0 Å². The molecule has 2 aromatic rings. The quantitative estimate of drug-likeness (QED) is 0.796. The molecule has 0 aliphatic heterocycles. The molecule has 0 spiro atoms. The summed E-state index contributed by atoms with van der Waals surface area (Å²) in [5.41, 5.74) is 1.15. The van der Waals surface area contributed by atoms with Crippen LogP contribution in [0.5, 0.6) is 0 Å². The molecule has 18 heavy (non-hydrogen) atoms. The third-order valence-corrected chi connectivity index (χ3v) is 2.35. The number of rotatable bonds is 4. The van der Waals surface area contributed by atoms with Gasteiger partial charge in [0.1, 0.15) is 5.69 Å². The molecule has 0 unspecified atom stereocenters. The molecule has 0 amide bonds. The van der Waals surface area contributed by atoms with E-state index in [4.69, 9.17) is 0 Å². The number of nitrogens with one attached hydrogen (secondary N) is 2. The Morgan fingerprint density at radius 1 is 1.56 bits per heavy atom. The Morgan fingerprint density at radius 3 is 2.94 bits per heavy atom. The summed E-state index contributed by atoms with van der Waals surface area (Å²) >= 11 is 0. The van der Waals surface area contributed by atoms with Gasteiger partial charge in [-0.1, -0.05) is 6.58 Å². The SMILES string of the molecule is C=Cc1cc(Nc2cc(C(=O)OC)n(C)n2)n[nH]1. The van der Waals surface area contributed by atoms with Gasteiger partial charge in [0.05, 0.1) is 12.8 Å². The van der Waals surface area contributed by atoms with Crippen LogP contribution in [0.1, 0.15) is 16.2 Å².